The minimum absolute atomic E-state index is 0.0369. The third-order valence-corrected chi connectivity index (χ3v) is 1.52. The van der Waals surface area contributed by atoms with Gasteiger partial charge in [-0.2, -0.15) is 18.3 Å². The van der Waals surface area contributed by atoms with Crippen molar-refractivity contribution < 1.29 is 13.2 Å². The molecule has 6 heteroatoms. The number of amidine groups is 1. The van der Waals surface area contributed by atoms with E-state index in [9.17, 15) is 13.2 Å². The maximum absolute atomic E-state index is 12.0. The third kappa shape index (κ3) is 1.55. The summed E-state index contributed by atoms with van der Waals surface area (Å²) >= 11 is 0. The van der Waals surface area contributed by atoms with Gasteiger partial charge in [-0.15, -0.1) is 0 Å². The summed E-state index contributed by atoms with van der Waals surface area (Å²) in [7, 11) is 1.26. The van der Waals surface area contributed by atoms with Gasteiger partial charge in [-0.1, -0.05) is 0 Å². The molecule has 0 amide bonds. The van der Waals surface area contributed by atoms with Crippen LogP contribution in [0.2, 0.25) is 0 Å². The first-order valence-corrected chi connectivity index (χ1v) is 3.04. The van der Waals surface area contributed by atoms with E-state index in [4.69, 9.17) is 5.73 Å². The van der Waals surface area contributed by atoms with E-state index in [1.54, 1.807) is 0 Å². The van der Waals surface area contributed by atoms with Crippen LogP contribution in [0.15, 0.2) is 5.10 Å². The van der Waals surface area contributed by atoms with Crippen LogP contribution in [0.5, 0.6) is 0 Å². The summed E-state index contributed by atoms with van der Waals surface area (Å²) in [6.07, 6.45) is -4.46. The van der Waals surface area contributed by atoms with Crippen LogP contribution in [-0.4, -0.2) is 30.1 Å². The zero-order valence-electron chi connectivity index (χ0n) is 5.89. The fraction of sp³-hybridized carbons (Fsp3) is 0.800. The molecule has 3 nitrogen and oxygen atoms in total. The summed E-state index contributed by atoms with van der Waals surface area (Å²) < 4.78 is 36.0. The molecule has 0 saturated carbocycles. The number of hydrogen-bond donors (Lipinski definition) is 1. The highest BCUT2D eigenvalue weighted by molar-refractivity contribution is 5.82. The minimum atomic E-state index is -4.24. The summed E-state index contributed by atoms with van der Waals surface area (Å²) in [6, 6.07) is -1.54. The van der Waals surface area contributed by atoms with Crippen LogP contribution in [-0.2, 0) is 0 Å². The number of nitrogens with zero attached hydrogens (tertiary/aromatic N) is 2. The molecule has 0 aromatic carbocycles. The Bertz CT molecular complexity index is 186. The molecule has 0 fully saturated rings. The van der Waals surface area contributed by atoms with Crippen molar-refractivity contribution in [1.82, 2.24) is 5.01 Å². The molecule has 11 heavy (non-hydrogen) atoms. The molecule has 1 heterocycles. The quantitative estimate of drug-likeness (QED) is 0.571. The van der Waals surface area contributed by atoms with E-state index in [0.29, 0.717) is 0 Å². The van der Waals surface area contributed by atoms with Crippen LogP contribution in [0, 0.1) is 0 Å². The molecular weight excluding hydrogens is 159 g/mol. The fourth-order valence-electron chi connectivity index (χ4n) is 0.971. The SMILES string of the molecule is CN1N=C(N)CC1C(F)(F)F. The van der Waals surface area contributed by atoms with Crippen LogP contribution >= 0.6 is 0 Å². The predicted octanol–water partition coefficient (Wildman–Crippen LogP) is 0.525. The number of hydrazone groups is 1. The second-order valence-electron chi connectivity index (χ2n) is 2.43. The maximum Gasteiger partial charge on any atom is 0.410 e. The first-order valence-electron chi connectivity index (χ1n) is 3.04. The molecule has 1 atom stereocenters. The van der Waals surface area contributed by atoms with Crippen LogP contribution in [0.3, 0.4) is 0 Å². The molecule has 0 aromatic rings. The van der Waals surface area contributed by atoms with Gasteiger partial charge in [0.2, 0.25) is 0 Å². The Balaban J connectivity index is 2.67. The lowest BCUT2D eigenvalue weighted by atomic mass is 10.2. The highest BCUT2D eigenvalue weighted by atomic mass is 19.4. The van der Waals surface area contributed by atoms with Crippen molar-refractivity contribution in [2.24, 2.45) is 10.8 Å². The molecule has 1 aliphatic rings. The Kier molecular flexibility index (Phi) is 1.69. The number of rotatable bonds is 0. The van der Waals surface area contributed by atoms with Gasteiger partial charge in [-0.05, 0) is 0 Å². The number of nitrogens with two attached hydrogens (primary N) is 1. The Labute approximate surface area is 61.7 Å². The van der Waals surface area contributed by atoms with Gasteiger partial charge in [-0.3, -0.25) is 5.01 Å². The third-order valence-electron chi connectivity index (χ3n) is 1.52. The zero-order chi connectivity index (χ0) is 8.65. The molecule has 1 rings (SSSR count). The lowest BCUT2D eigenvalue weighted by Gasteiger charge is -2.20. The van der Waals surface area contributed by atoms with Crippen molar-refractivity contribution >= 4 is 5.84 Å². The molecule has 0 aromatic heterocycles. The predicted molar refractivity (Wildman–Crippen MR) is 33.8 cm³/mol. The smallest absolute Gasteiger partial charge is 0.386 e. The van der Waals surface area contributed by atoms with E-state index in [1.807, 2.05) is 0 Å². The highest BCUT2D eigenvalue weighted by Gasteiger charge is 2.45. The zero-order valence-corrected chi connectivity index (χ0v) is 5.89. The van der Waals surface area contributed by atoms with Gasteiger partial charge in [-0.25, -0.2) is 0 Å². The second kappa shape index (κ2) is 2.28. The van der Waals surface area contributed by atoms with Crippen molar-refractivity contribution in [3.63, 3.8) is 0 Å². The lowest BCUT2D eigenvalue weighted by Crippen LogP contribution is -2.38. The van der Waals surface area contributed by atoms with E-state index >= 15 is 0 Å². The molecular formula is C5H8F3N3. The Morgan fingerprint density at radius 1 is 1.64 bits per heavy atom. The Morgan fingerprint density at radius 3 is 2.36 bits per heavy atom. The first-order chi connectivity index (χ1) is 4.91. The highest BCUT2D eigenvalue weighted by Crippen LogP contribution is 2.29. The standard InChI is InChI=1S/C5H8F3N3/c1-11-3(5(6,7)8)2-4(9)10-11/h3H,2H2,1H3,(H2,9,10). The van der Waals surface area contributed by atoms with Crippen LogP contribution in [0.4, 0.5) is 13.2 Å². The van der Waals surface area contributed by atoms with Crippen molar-refractivity contribution in [2.45, 2.75) is 18.6 Å². The molecule has 1 unspecified atom stereocenters. The van der Waals surface area contributed by atoms with E-state index in [1.165, 1.54) is 7.05 Å². The normalized spacial score (nSPS) is 25.6. The van der Waals surface area contributed by atoms with Gasteiger partial charge in [0.25, 0.3) is 0 Å². The minimum Gasteiger partial charge on any atom is -0.386 e. The number of halogens is 3. The molecule has 0 bridgehead atoms. The fourth-order valence-corrected chi connectivity index (χ4v) is 0.971. The van der Waals surface area contributed by atoms with Gasteiger partial charge in [0.1, 0.15) is 11.9 Å². The summed E-state index contributed by atoms with van der Waals surface area (Å²) in [4.78, 5) is 0. The van der Waals surface area contributed by atoms with E-state index in [-0.39, 0.29) is 12.3 Å². The summed E-state index contributed by atoms with van der Waals surface area (Å²) in [5.41, 5.74) is 5.12. The van der Waals surface area contributed by atoms with Gasteiger partial charge >= 0.3 is 6.18 Å². The van der Waals surface area contributed by atoms with Gasteiger partial charge in [0, 0.05) is 13.5 Å². The summed E-state index contributed by atoms with van der Waals surface area (Å²) in [5, 5.41) is 4.29. The largest absolute Gasteiger partial charge is 0.410 e. The molecule has 64 valence electrons. The van der Waals surface area contributed by atoms with E-state index in [2.05, 4.69) is 5.10 Å². The monoisotopic (exact) mass is 167 g/mol. The lowest BCUT2D eigenvalue weighted by molar-refractivity contribution is -0.174. The first kappa shape index (κ1) is 8.16. The van der Waals surface area contributed by atoms with E-state index in [0.717, 1.165) is 5.01 Å². The van der Waals surface area contributed by atoms with Crippen molar-refractivity contribution in [3.05, 3.63) is 0 Å². The van der Waals surface area contributed by atoms with Gasteiger partial charge in [0.05, 0.1) is 0 Å². The topological polar surface area (TPSA) is 41.6 Å². The van der Waals surface area contributed by atoms with Gasteiger partial charge < -0.3 is 5.73 Å². The van der Waals surface area contributed by atoms with Crippen molar-refractivity contribution in [2.75, 3.05) is 7.05 Å². The number of hydrogen-bond acceptors (Lipinski definition) is 3. The van der Waals surface area contributed by atoms with Gasteiger partial charge in [0.15, 0.2) is 0 Å². The van der Waals surface area contributed by atoms with Crippen molar-refractivity contribution in [1.29, 1.82) is 0 Å². The Hall–Kier alpha value is -0.940. The molecule has 1 aliphatic heterocycles. The molecule has 0 saturated heterocycles. The number of alkyl halides is 3. The molecule has 0 spiro atoms. The Morgan fingerprint density at radius 2 is 2.18 bits per heavy atom. The average molecular weight is 167 g/mol. The maximum atomic E-state index is 12.0. The van der Waals surface area contributed by atoms with Crippen LogP contribution in [0.1, 0.15) is 6.42 Å². The van der Waals surface area contributed by atoms with Crippen LogP contribution < -0.4 is 5.73 Å². The second-order valence-corrected chi connectivity index (χ2v) is 2.43. The molecule has 0 aliphatic carbocycles. The van der Waals surface area contributed by atoms with E-state index < -0.39 is 12.2 Å². The molecule has 2 N–H and O–H groups in total. The van der Waals surface area contributed by atoms with Crippen LogP contribution in [0.25, 0.3) is 0 Å². The summed E-state index contributed by atoms with van der Waals surface area (Å²) in [6.45, 7) is 0. The average Bonchev–Trinajstić information content (AvgIpc) is 2.08. The van der Waals surface area contributed by atoms with Crippen molar-refractivity contribution in [3.8, 4) is 0 Å². The molecule has 0 radical (unpaired) electrons. The summed E-state index contributed by atoms with van der Waals surface area (Å²) in [5.74, 6) is 0.0369.